The van der Waals surface area contributed by atoms with Gasteiger partial charge < -0.3 is 19.4 Å². The fraction of sp³-hybridized carbons (Fsp3) is 0.364. The van der Waals surface area contributed by atoms with E-state index in [0.717, 1.165) is 24.5 Å². The Labute approximate surface area is 169 Å². The number of benzene rings is 2. The number of amides is 2. The lowest BCUT2D eigenvalue weighted by atomic mass is 10.1. The smallest absolute Gasteiger partial charge is 0.228 e. The van der Waals surface area contributed by atoms with Gasteiger partial charge in [0.05, 0.1) is 18.7 Å². The van der Waals surface area contributed by atoms with Crippen molar-refractivity contribution in [3.8, 4) is 5.75 Å². The van der Waals surface area contributed by atoms with Crippen LogP contribution in [0.2, 0.25) is 0 Å². The van der Waals surface area contributed by atoms with Gasteiger partial charge in [-0.1, -0.05) is 12.1 Å². The van der Waals surface area contributed by atoms with E-state index in [4.69, 9.17) is 4.74 Å². The number of rotatable bonds is 4. The van der Waals surface area contributed by atoms with Crippen molar-refractivity contribution in [2.45, 2.75) is 6.42 Å². The molecule has 2 aliphatic rings. The number of nitrogens with zero attached hydrogens (tertiary/aromatic N) is 3. The summed E-state index contributed by atoms with van der Waals surface area (Å²) in [4.78, 5) is 30.8. The molecule has 7 heteroatoms. The molecule has 2 heterocycles. The van der Waals surface area contributed by atoms with Crippen molar-refractivity contribution in [1.29, 1.82) is 0 Å². The van der Waals surface area contributed by atoms with E-state index in [0.29, 0.717) is 13.1 Å². The highest BCUT2D eigenvalue weighted by Gasteiger charge is 2.38. The average Bonchev–Trinajstić information content (AvgIpc) is 3.15. The highest BCUT2D eigenvalue weighted by atomic mass is 19.1. The van der Waals surface area contributed by atoms with Crippen molar-refractivity contribution in [3.63, 3.8) is 0 Å². The molecule has 152 valence electrons. The van der Waals surface area contributed by atoms with Crippen LogP contribution in [-0.4, -0.2) is 56.5 Å². The fourth-order valence-electron chi connectivity index (χ4n) is 4.01. The third-order valence-electron chi connectivity index (χ3n) is 5.65. The van der Waals surface area contributed by atoms with Crippen molar-refractivity contribution < 1.29 is 18.7 Å². The molecule has 2 aliphatic heterocycles. The van der Waals surface area contributed by atoms with Gasteiger partial charge in [-0.15, -0.1) is 0 Å². The summed E-state index contributed by atoms with van der Waals surface area (Å²) < 4.78 is 19.2. The van der Waals surface area contributed by atoms with E-state index in [9.17, 15) is 14.0 Å². The normalized spacial score (nSPS) is 19.6. The van der Waals surface area contributed by atoms with E-state index >= 15 is 0 Å². The summed E-state index contributed by atoms with van der Waals surface area (Å²) in [7, 11) is 1.64. The maximum absolute atomic E-state index is 14.0. The maximum Gasteiger partial charge on any atom is 0.228 e. The molecule has 4 rings (SSSR count). The van der Waals surface area contributed by atoms with Crippen LogP contribution in [0.25, 0.3) is 0 Å². The van der Waals surface area contributed by atoms with Crippen LogP contribution in [-0.2, 0) is 9.59 Å². The van der Waals surface area contributed by atoms with Gasteiger partial charge in [0.1, 0.15) is 11.6 Å². The zero-order chi connectivity index (χ0) is 20.4. The van der Waals surface area contributed by atoms with Crippen LogP contribution in [0.4, 0.5) is 15.8 Å². The van der Waals surface area contributed by atoms with Crippen molar-refractivity contribution >= 4 is 23.2 Å². The number of hydrogen-bond donors (Lipinski definition) is 0. The van der Waals surface area contributed by atoms with Gasteiger partial charge in [0.25, 0.3) is 0 Å². The molecule has 2 aromatic rings. The average molecular weight is 397 g/mol. The van der Waals surface area contributed by atoms with Crippen LogP contribution in [0.3, 0.4) is 0 Å². The molecule has 0 aliphatic carbocycles. The van der Waals surface area contributed by atoms with Crippen molar-refractivity contribution in [1.82, 2.24) is 4.90 Å². The van der Waals surface area contributed by atoms with Gasteiger partial charge in [-0.3, -0.25) is 9.59 Å². The zero-order valence-electron chi connectivity index (χ0n) is 16.4. The van der Waals surface area contributed by atoms with E-state index in [1.807, 2.05) is 29.2 Å². The molecule has 0 radical (unpaired) electrons. The predicted molar refractivity (Wildman–Crippen MR) is 109 cm³/mol. The van der Waals surface area contributed by atoms with Crippen LogP contribution >= 0.6 is 0 Å². The summed E-state index contributed by atoms with van der Waals surface area (Å²) >= 11 is 0. The van der Waals surface area contributed by atoms with Crippen LogP contribution in [0.5, 0.6) is 5.75 Å². The van der Waals surface area contributed by atoms with Gasteiger partial charge in [0.15, 0.2) is 0 Å². The van der Waals surface area contributed by atoms with Crippen molar-refractivity contribution in [2.24, 2.45) is 5.92 Å². The number of ether oxygens (including phenoxy) is 1. The Morgan fingerprint density at radius 2 is 1.72 bits per heavy atom. The molecular formula is C22H24FN3O3. The number of carbonyl (C=O) groups excluding carboxylic acids is 2. The largest absolute Gasteiger partial charge is 0.497 e. The minimum atomic E-state index is -0.443. The summed E-state index contributed by atoms with van der Waals surface area (Å²) in [5.41, 5.74) is 1.34. The van der Waals surface area contributed by atoms with E-state index in [1.54, 1.807) is 25.3 Å². The second-order valence-corrected chi connectivity index (χ2v) is 7.37. The molecule has 6 nitrogen and oxygen atoms in total. The second kappa shape index (κ2) is 8.11. The summed E-state index contributed by atoms with van der Waals surface area (Å²) in [6.45, 7) is 2.91. The van der Waals surface area contributed by atoms with Crippen molar-refractivity contribution in [3.05, 3.63) is 54.3 Å². The standard InChI is InChI=1S/C22H24FN3O3/c1-29-18-8-6-17(7-9-18)24-10-12-25(13-11-24)22(28)16-14-21(27)26(15-16)20-5-3-2-4-19(20)23/h2-9,16H,10-15H2,1H3. The number of para-hydroxylation sites is 1. The van der Waals surface area contributed by atoms with E-state index in [2.05, 4.69) is 4.90 Å². The molecule has 0 aromatic heterocycles. The molecule has 2 aromatic carbocycles. The van der Waals surface area contributed by atoms with Crippen LogP contribution < -0.4 is 14.5 Å². The topological polar surface area (TPSA) is 53.1 Å². The Bertz CT molecular complexity index is 894. The van der Waals surface area contributed by atoms with E-state index in [1.165, 1.54) is 11.0 Å². The lowest BCUT2D eigenvalue weighted by Gasteiger charge is -2.37. The minimum absolute atomic E-state index is 0.0217. The number of methoxy groups -OCH3 is 1. The number of anilines is 2. The number of halogens is 1. The number of carbonyl (C=O) groups is 2. The van der Waals surface area contributed by atoms with E-state index < -0.39 is 11.7 Å². The Hall–Kier alpha value is -3.09. The Kier molecular flexibility index (Phi) is 5.38. The van der Waals surface area contributed by atoms with Crippen molar-refractivity contribution in [2.75, 3.05) is 49.6 Å². The highest BCUT2D eigenvalue weighted by Crippen LogP contribution is 2.29. The van der Waals surface area contributed by atoms with Gasteiger partial charge in [-0.2, -0.15) is 0 Å². The maximum atomic E-state index is 14.0. The van der Waals surface area contributed by atoms with Gasteiger partial charge in [0.2, 0.25) is 11.8 Å². The second-order valence-electron chi connectivity index (χ2n) is 7.37. The first-order valence-corrected chi connectivity index (χ1v) is 9.79. The lowest BCUT2D eigenvalue weighted by molar-refractivity contribution is -0.136. The quantitative estimate of drug-likeness (QED) is 0.796. The van der Waals surface area contributed by atoms with Crippen LogP contribution in [0.15, 0.2) is 48.5 Å². The monoisotopic (exact) mass is 397 g/mol. The minimum Gasteiger partial charge on any atom is -0.497 e. The first kappa shape index (κ1) is 19.2. The molecule has 0 spiro atoms. The number of hydrogen-bond acceptors (Lipinski definition) is 4. The first-order chi connectivity index (χ1) is 14.1. The van der Waals surface area contributed by atoms with Gasteiger partial charge in [-0.05, 0) is 36.4 Å². The molecule has 0 saturated carbocycles. The summed E-state index contributed by atoms with van der Waals surface area (Å²) in [6, 6.07) is 14.1. The molecule has 1 atom stereocenters. The Morgan fingerprint density at radius 3 is 2.38 bits per heavy atom. The van der Waals surface area contributed by atoms with Gasteiger partial charge in [-0.25, -0.2) is 4.39 Å². The van der Waals surface area contributed by atoms with Gasteiger partial charge in [0, 0.05) is 44.8 Å². The number of piperazine rings is 1. The highest BCUT2D eigenvalue weighted by molar-refractivity contribution is 6.00. The molecule has 29 heavy (non-hydrogen) atoms. The van der Waals surface area contributed by atoms with Gasteiger partial charge >= 0.3 is 0 Å². The SMILES string of the molecule is COc1ccc(N2CCN(C(=O)C3CC(=O)N(c4ccccc4F)C3)CC2)cc1. The van der Waals surface area contributed by atoms with Crippen LogP contribution in [0.1, 0.15) is 6.42 Å². The zero-order valence-corrected chi connectivity index (χ0v) is 16.4. The molecule has 0 N–H and O–H groups in total. The molecule has 2 amide bonds. The molecular weight excluding hydrogens is 373 g/mol. The summed E-state index contributed by atoms with van der Waals surface area (Å²) in [6.07, 6.45) is 0.131. The van der Waals surface area contributed by atoms with Crippen LogP contribution in [0, 0.1) is 11.7 Å². The summed E-state index contributed by atoms with van der Waals surface area (Å²) in [5, 5.41) is 0. The molecule has 2 saturated heterocycles. The van der Waals surface area contributed by atoms with E-state index in [-0.39, 0.29) is 30.5 Å². The lowest BCUT2D eigenvalue weighted by Crippen LogP contribution is -2.50. The Balaban J connectivity index is 1.36. The predicted octanol–water partition coefficient (Wildman–Crippen LogP) is 2.54. The summed E-state index contributed by atoms with van der Waals surface area (Å²) in [5.74, 6) is -0.276. The molecule has 2 fully saturated rings. The molecule has 0 bridgehead atoms. The Morgan fingerprint density at radius 1 is 1.03 bits per heavy atom. The third-order valence-corrected chi connectivity index (χ3v) is 5.65. The fourth-order valence-corrected chi connectivity index (χ4v) is 4.01. The first-order valence-electron chi connectivity index (χ1n) is 9.79. The molecule has 1 unspecified atom stereocenters. The third kappa shape index (κ3) is 3.90.